The maximum Gasteiger partial charge on any atom is 0.273 e. The Labute approximate surface area is 192 Å². The Morgan fingerprint density at radius 3 is 2.45 bits per heavy atom. The molecule has 33 heavy (non-hydrogen) atoms. The largest absolute Gasteiger partial charge is 0.339 e. The van der Waals surface area contributed by atoms with E-state index in [4.69, 9.17) is 9.51 Å². The van der Waals surface area contributed by atoms with Crippen molar-refractivity contribution in [1.29, 1.82) is 0 Å². The number of aromatic nitrogens is 4. The molecule has 11 nitrogen and oxygen atoms in total. The quantitative estimate of drug-likeness (QED) is 0.669. The van der Waals surface area contributed by atoms with Crippen LogP contribution in [0.4, 0.5) is 17.7 Å². The van der Waals surface area contributed by atoms with E-state index in [0.717, 1.165) is 18.4 Å². The van der Waals surface area contributed by atoms with Gasteiger partial charge in [-0.25, -0.2) is 4.98 Å². The fourth-order valence-corrected chi connectivity index (χ4v) is 4.50. The van der Waals surface area contributed by atoms with Crippen LogP contribution < -0.4 is 9.80 Å². The van der Waals surface area contributed by atoms with Gasteiger partial charge in [0.2, 0.25) is 17.7 Å². The van der Waals surface area contributed by atoms with Gasteiger partial charge in [0.15, 0.2) is 0 Å². The zero-order valence-corrected chi connectivity index (χ0v) is 19.6. The van der Waals surface area contributed by atoms with Crippen molar-refractivity contribution < 1.29 is 14.1 Å². The van der Waals surface area contributed by atoms with Crippen LogP contribution >= 0.6 is 0 Å². The number of amides is 2. The SMILES string of the molecule is CC(=O)N1CCN(c2nc3c(c(N(C)c4noc(C5CCC5)n4)n2)CN(C(C)C)C3=O)CC1. The number of hydrogen-bond acceptors (Lipinski definition) is 9. The number of rotatable bonds is 5. The van der Waals surface area contributed by atoms with E-state index >= 15 is 0 Å². The zero-order chi connectivity index (χ0) is 23.3. The van der Waals surface area contributed by atoms with E-state index in [1.165, 1.54) is 6.42 Å². The molecular weight excluding hydrogens is 424 g/mol. The molecule has 1 saturated carbocycles. The lowest BCUT2D eigenvalue weighted by molar-refractivity contribution is -0.129. The van der Waals surface area contributed by atoms with Gasteiger partial charge in [-0.2, -0.15) is 9.97 Å². The second-order valence-corrected chi connectivity index (χ2v) is 9.31. The van der Waals surface area contributed by atoms with Crippen molar-refractivity contribution in [3.05, 3.63) is 17.1 Å². The van der Waals surface area contributed by atoms with Gasteiger partial charge in [0.05, 0.1) is 6.54 Å². The van der Waals surface area contributed by atoms with Crippen LogP contribution in [0.5, 0.6) is 0 Å². The lowest BCUT2D eigenvalue weighted by Gasteiger charge is -2.34. The molecule has 0 unspecified atom stereocenters. The third-order valence-electron chi connectivity index (χ3n) is 6.90. The summed E-state index contributed by atoms with van der Waals surface area (Å²) in [5.41, 5.74) is 1.20. The van der Waals surface area contributed by atoms with Gasteiger partial charge in [-0.15, -0.1) is 0 Å². The third-order valence-corrected chi connectivity index (χ3v) is 6.90. The number of nitrogens with zero attached hydrogens (tertiary/aromatic N) is 8. The summed E-state index contributed by atoms with van der Waals surface area (Å²) < 4.78 is 5.52. The minimum Gasteiger partial charge on any atom is -0.339 e. The second kappa shape index (κ2) is 8.27. The monoisotopic (exact) mass is 454 g/mol. The Balaban J connectivity index is 1.49. The number of carbonyl (C=O) groups is 2. The Bertz CT molecular complexity index is 1070. The first-order valence-corrected chi connectivity index (χ1v) is 11.6. The Morgan fingerprint density at radius 1 is 1.12 bits per heavy atom. The number of hydrogen-bond donors (Lipinski definition) is 0. The Morgan fingerprint density at radius 2 is 1.85 bits per heavy atom. The molecule has 2 aromatic heterocycles. The first-order chi connectivity index (χ1) is 15.8. The molecule has 2 fully saturated rings. The Hall–Kier alpha value is -3.24. The maximum absolute atomic E-state index is 13.2. The van der Waals surface area contributed by atoms with E-state index in [2.05, 4.69) is 15.1 Å². The molecule has 2 aromatic rings. The molecule has 3 aliphatic rings. The number of anilines is 3. The van der Waals surface area contributed by atoms with E-state index < -0.39 is 0 Å². The van der Waals surface area contributed by atoms with Gasteiger partial charge in [0.25, 0.3) is 11.9 Å². The lowest BCUT2D eigenvalue weighted by Crippen LogP contribution is -2.48. The van der Waals surface area contributed by atoms with Gasteiger partial charge in [-0.1, -0.05) is 6.42 Å². The molecule has 176 valence electrons. The van der Waals surface area contributed by atoms with Gasteiger partial charge < -0.3 is 19.2 Å². The molecule has 2 amide bonds. The van der Waals surface area contributed by atoms with E-state index in [-0.39, 0.29) is 17.9 Å². The molecule has 0 aromatic carbocycles. The van der Waals surface area contributed by atoms with E-state index in [1.807, 2.05) is 30.7 Å². The molecular formula is C22H30N8O3. The van der Waals surface area contributed by atoms with Crippen molar-refractivity contribution in [2.24, 2.45) is 0 Å². The van der Waals surface area contributed by atoms with Crippen molar-refractivity contribution in [2.45, 2.75) is 58.5 Å². The van der Waals surface area contributed by atoms with Crippen molar-refractivity contribution in [2.75, 3.05) is 43.0 Å². The molecule has 4 heterocycles. The first kappa shape index (κ1) is 21.6. The predicted octanol–water partition coefficient (Wildman–Crippen LogP) is 1.93. The zero-order valence-electron chi connectivity index (χ0n) is 19.6. The molecule has 1 saturated heterocycles. The van der Waals surface area contributed by atoms with Crippen LogP contribution in [0.15, 0.2) is 4.52 Å². The molecule has 2 aliphatic heterocycles. The van der Waals surface area contributed by atoms with Gasteiger partial charge in [-0.3, -0.25) is 14.5 Å². The highest BCUT2D eigenvalue weighted by atomic mass is 16.5. The maximum atomic E-state index is 13.2. The average molecular weight is 455 g/mol. The summed E-state index contributed by atoms with van der Waals surface area (Å²) in [7, 11) is 1.85. The van der Waals surface area contributed by atoms with Crippen LogP contribution in [0.25, 0.3) is 0 Å². The highest BCUT2D eigenvalue weighted by Crippen LogP contribution is 2.38. The minimum atomic E-state index is -0.0936. The van der Waals surface area contributed by atoms with Gasteiger partial charge in [0, 0.05) is 57.7 Å². The Kier molecular flexibility index (Phi) is 5.41. The average Bonchev–Trinajstić information content (AvgIpc) is 3.37. The molecule has 11 heteroatoms. The minimum absolute atomic E-state index is 0.0443. The van der Waals surface area contributed by atoms with E-state index in [0.29, 0.717) is 67.9 Å². The predicted molar refractivity (Wildman–Crippen MR) is 120 cm³/mol. The van der Waals surface area contributed by atoms with Crippen LogP contribution in [-0.4, -0.2) is 81.0 Å². The van der Waals surface area contributed by atoms with E-state index in [1.54, 1.807) is 16.7 Å². The van der Waals surface area contributed by atoms with Gasteiger partial charge >= 0.3 is 0 Å². The van der Waals surface area contributed by atoms with Crippen LogP contribution in [0.1, 0.15) is 67.9 Å². The summed E-state index contributed by atoms with van der Waals surface area (Å²) >= 11 is 0. The standard InChI is InChI=1S/C22H30N8O3/c1-13(2)30-12-16-17(20(30)32)23-21(29-10-8-28(9-11-29)14(3)31)24-18(16)27(4)22-25-19(33-26-22)15-6-5-7-15/h13,15H,5-12H2,1-4H3. The van der Waals surface area contributed by atoms with Crippen molar-refractivity contribution in [1.82, 2.24) is 29.9 Å². The normalized spacial score (nSPS) is 18.7. The molecule has 0 radical (unpaired) electrons. The molecule has 0 spiro atoms. The highest BCUT2D eigenvalue weighted by Gasteiger charge is 2.37. The smallest absolute Gasteiger partial charge is 0.273 e. The van der Waals surface area contributed by atoms with E-state index in [9.17, 15) is 9.59 Å². The summed E-state index contributed by atoms with van der Waals surface area (Å²) in [6.07, 6.45) is 3.33. The molecule has 1 aliphatic carbocycles. The number of piperazine rings is 1. The summed E-state index contributed by atoms with van der Waals surface area (Å²) in [6.45, 7) is 8.42. The van der Waals surface area contributed by atoms with Gasteiger partial charge in [-0.05, 0) is 31.8 Å². The van der Waals surface area contributed by atoms with Crippen molar-refractivity contribution in [3.63, 3.8) is 0 Å². The topological polar surface area (TPSA) is 112 Å². The summed E-state index contributed by atoms with van der Waals surface area (Å²) in [5.74, 6) is 2.50. The van der Waals surface area contributed by atoms with Crippen LogP contribution in [0.3, 0.4) is 0 Å². The van der Waals surface area contributed by atoms with Crippen LogP contribution in [0.2, 0.25) is 0 Å². The van der Waals surface area contributed by atoms with Crippen molar-refractivity contribution >= 4 is 29.5 Å². The molecule has 5 rings (SSSR count). The molecule has 0 N–H and O–H groups in total. The van der Waals surface area contributed by atoms with Crippen molar-refractivity contribution in [3.8, 4) is 0 Å². The summed E-state index contributed by atoms with van der Waals surface area (Å²) in [5, 5.41) is 4.19. The molecule has 0 bridgehead atoms. The lowest BCUT2D eigenvalue weighted by atomic mass is 9.85. The second-order valence-electron chi connectivity index (χ2n) is 9.31. The first-order valence-electron chi connectivity index (χ1n) is 11.6. The fraction of sp³-hybridized carbons (Fsp3) is 0.636. The highest BCUT2D eigenvalue weighted by molar-refractivity contribution is 5.98. The van der Waals surface area contributed by atoms with Crippen LogP contribution in [-0.2, 0) is 11.3 Å². The fourth-order valence-electron chi connectivity index (χ4n) is 4.50. The summed E-state index contributed by atoms with van der Waals surface area (Å²) in [4.78, 5) is 46.5. The number of carbonyl (C=O) groups excluding carboxylic acids is 2. The third kappa shape index (κ3) is 3.79. The number of fused-ring (bicyclic) bond motifs is 1. The van der Waals surface area contributed by atoms with Crippen LogP contribution in [0, 0.1) is 0 Å². The summed E-state index contributed by atoms with van der Waals surface area (Å²) in [6, 6.07) is 0.0443. The molecule has 0 atom stereocenters. The van der Waals surface area contributed by atoms with Gasteiger partial charge in [0.1, 0.15) is 11.5 Å².